The van der Waals surface area contributed by atoms with Crippen molar-refractivity contribution in [3.05, 3.63) is 90.2 Å². The summed E-state index contributed by atoms with van der Waals surface area (Å²) in [5.74, 6) is 0.724. The van der Waals surface area contributed by atoms with Gasteiger partial charge in [0.25, 0.3) is 5.91 Å². The second-order valence-electron chi connectivity index (χ2n) is 7.40. The van der Waals surface area contributed by atoms with Crippen LogP contribution >= 0.6 is 0 Å². The minimum atomic E-state index is -0.245. The Kier molecular flexibility index (Phi) is 6.65. The van der Waals surface area contributed by atoms with Crippen molar-refractivity contribution in [3.63, 3.8) is 0 Å². The van der Waals surface area contributed by atoms with Crippen LogP contribution in [-0.2, 0) is 0 Å². The molecule has 1 amide bonds. The quantitative estimate of drug-likeness (QED) is 0.499. The molecule has 0 bridgehead atoms. The van der Waals surface area contributed by atoms with E-state index in [0.717, 1.165) is 24.5 Å². The van der Waals surface area contributed by atoms with Crippen molar-refractivity contribution < 1.29 is 13.9 Å². The number of para-hydroxylation sites is 1. The molecule has 0 spiro atoms. The summed E-state index contributed by atoms with van der Waals surface area (Å²) >= 11 is 0. The lowest BCUT2D eigenvalue weighted by atomic mass is 10.2. The predicted octanol–water partition coefficient (Wildman–Crippen LogP) is 4.07. The number of aliphatic imine (C=N–C) groups is 1. The van der Waals surface area contributed by atoms with Crippen LogP contribution in [0.25, 0.3) is 0 Å². The Morgan fingerprint density at radius 3 is 2.19 bits per heavy atom. The average molecular weight is 432 g/mol. The molecule has 0 atom stereocenters. The SMILES string of the molecule is COc1ccc(C(=O)NC(=Nc2ccccc2)N2CCN(c3ccc(F)cc3)CC2)cc1. The van der Waals surface area contributed by atoms with E-state index in [9.17, 15) is 9.18 Å². The number of benzene rings is 3. The standard InChI is InChI=1S/C25H25FN4O2/c1-32-23-13-7-19(8-14-23)24(31)28-25(27-21-5-3-2-4-6-21)30-17-15-29(16-18-30)22-11-9-20(26)10-12-22/h2-14H,15-18H2,1H3,(H,27,28,31). The number of halogens is 1. The molecule has 1 saturated heterocycles. The molecule has 1 N–H and O–H groups in total. The van der Waals surface area contributed by atoms with Crippen LogP contribution < -0.4 is 15.0 Å². The van der Waals surface area contributed by atoms with E-state index in [1.54, 1.807) is 43.5 Å². The number of ether oxygens (including phenoxy) is 1. The normalized spacial score (nSPS) is 14.2. The number of hydrogen-bond donors (Lipinski definition) is 1. The van der Waals surface area contributed by atoms with E-state index in [4.69, 9.17) is 9.73 Å². The van der Waals surface area contributed by atoms with Gasteiger partial charge in [-0.25, -0.2) is 9.38 Å². The molecule has 0 saturated carbocycles. The van der Waals surface area contributed by atoms with Crippen LogP contribution in [0.2, 0.25) is 0 Å². The van der Waals surface area contributed by atoms with Gasteiger partial charge in [0.1, 0.15) is 11.6 Å². The molecule has 1 fully saturated rings. The number of piperazine rings is 1. The zero-order valence-corrected chi connectivity index (χ0v) is 17.9. The van der Waals surface area contributed by atoms with Crippen LogP contribution in [0.1, 0.15) is 10.4 Å². The van der Waals surface area contributed by atoms with Gasteiger partial charge in [0.05, 0.1) is 12.8 Å². The number of methoxy groups -OCH3 is 1. The predicted molar refractivity (Wildman–Crippen MR) is 124 cm³/mol. The summed E-state index contributed by atoms with van der Waals surface area (Å²) in [5, 5.41) is 2.98. The van der Waals surface area contributed by atoms with Crippen LogP contribution in [0, 0.1) is 5.82 Å². The first-order valence-corrected chi connectivity index (χ1v) is 10.5. The lowest BCUT2D eigenvalue weighted by molar-refractivity contribution is 0.0971. The van der Waals surface area contributed by atoms with Gasteiger partial charge in [-0.05, 0) is 60.7 Å². The van der Waals surface area contributed by atoms with Crippen LogP contribution in [0.5, 0.6) is 5.75 Å². The second kappa shape index (κ2) is 9.96. The highest BCUT2D eigenvalue weighted by Crippen LogP contribution is 2.18. The highest BCUT2D eigenvalue weighted by molar-refractivity contribution is 6.06. The molecule has 6 nitrogen and oxygen atoms in total. The number of nitrogens with one attached hydrogen (secondary N) is 1. The molecule has 4 rings (SSSR count). The Balaban J connectivity index is 1.50. The topological polar surface area (TPSA) is 57.2 Å². The number of nitrogens with zero attached hydrogens (tertiary/aromatic N) is 3. The fourth-order valence-electron chi connectivity index (χ4n) is 3.55. The zero-order valence-electron chi connectivity index (χ0n) is 17.9. The Bertz CT molecular complexity index is 1060. The molecular formula is C25H25FN4O2. The van der Waals surface area contributed by atoms with Gasteiger partial charge in [0.15, 0.2) is 0 Å². The van der Waals surface area contributed by atoms with E-state index in [2.05, 4.69) is 15.1 Å². The first-order chi connectivity index (χ1) is 15.6. The number of anilines is 1. The van der Waals surface area contributed by atoms with Gasteiger partial charge in [-0.2, -0.15) is 0 Å². The Hall–Kier alpha value is -3.87. The van der Waals surface area contributed by atoms with Crippen molar-refractivity contribution in [2.75, 3.05) is 38.2 Å². The minimum absolute atomic E-state index is 0.233. The minimum Gasteiger partial charge on any atom is -0.497 e. The lowest BCUT2D eigenvalue weighted by Crippen LogP contribution is -2.53. The van der Waals surface area contributed by atoms with Gasteiger partial charge in [-0.15, -0.1) is 0 Å². The Morgan fingerprint density at radius 1 is 0.906 bits per heavy atom. The van der Waals surface area contributed by atoms with Gasteiger partial charge in [0, 0.05) is 37.4 Å². The molecule has 3 aromatic rings. The third-order valence-corrected chi connectivity index (χ3v) is 5.34. The molecule has 1 aliphatic rings. The summed E-state index contributed by atoms with van der Waals surface area (Å²) in [6.07, 6.45) is 0. The highest BCUT2D eigenvalue weighted by Gasteiger charge is 2.22. The fourth-order valence-corrected chi connectivity index (χ4v) is 3.55. The molecule has 0 aliphatic carbocycles. The molecule has 0 aromatic heterocycles. The van der Waals surface area contributed by atoms with E-state index in [0.29, 0.717) is 30.4 Å². The smallest absolute Gasteiger partial charge is 0.257 e. The molecule has 0 radical (unpaired) electrons. The molecule has 1 aliphatic heterocycles. The molecule has 0 unspecified atom stereocenters. The van der Waals surface area contributed by atoms with Crippen molar-refractivity contribution in [3.8, 4) is 5.75 Å². The molecule has 7 heteroatoms. The highest BCUT2D eigenvalue weighted by atomic mass is 19.1. The maximum atomic E-state index is 13.2. The zero-order chi connectivity index (χ0) is 22.3. The molecule has 3 aromatic carbocycles. The summed E-state index contributed by atoms with van der Waals surface area (Å²) in [5.41, 5.74) is 2.27. The fraction of sp³-hybridized carbons (Fsp3) is 0.200. The number of amides is 1. The number of guanidine groups is 1. The van der Waals surface area contributed by atoms with Crippen molar-refractivity contribution in [1.82, 2.24) is 10.2 Å². The van der Waals surface area contributed by atoms with E-state index < -0.39 is 0 Å². The van der Waals surface area contributed by atoms with Crippen LogP contribution in [-0.4, -0.2) is 50.1 Å². The number of rotatable bonds is 4. The maximum absolute atomic E-state index is 13.2. The van der Waals surface area contributed by atoms with Crippen LogP contribution in [0.3, 0.4) is 0 Å². The maximum Gasteiger partial charge on any atom is 0.257 e. The molecule has 32 heavy (non-hydrogen) atoms. The summed E-state index contributed by atoms with van der Waals surface area (Å²) in [7, 11) is 1.59. The molecule has 1 heterocycles. The lowest BCUT2D eigenvalue weighted by Gasteiger charge is -2.37. The van der Waals surface area contributed by atoms with Gasteiger partial charge in [-0.3, -0.25) is 10.1 Å². The Morgan fingerprint density at radius 2 is 1.56 bits per heavy atom. The second-order valence-corrected chi connectivity index (χ2v) is 7.40. The largest absolute Gasteiger partial charge is 0.497 e. The third-order valence-electron chi connectivity index (χ3n) is 5.34. The summed E-state index contributed by atoms with van der Waals surface area (Å²) in [6, 6.07) is 23.0. The molecule has 164 valence electrons. The summed E-state index contributed by atoms with van der Waals surface area (Å²) in [4.78, 5) is 21.9. The van der Waals surface area contributed by atoms with E-state index in [-0.39, 0.29) is 11.7 Å². The van der Waals surface area contributed by atoms with Crippen molar-refractivity contribution in [1.29, 1.82) is 0 Å². The Labute approximate surface area is 186 Å². The summed E-state index contributed by atoms with van der Waals surface area (Å²) in [6.45, 7) is 2.81. The van der Waals surface area contributed by atoms with E-state index >= 15 is 0 Å². The van der Waals surface area contributed by atoms with E-state index in [1.165, 1.54) is 12.1 Å². The summed E-state index contributed by atoms with van der Waals surface area (Å²) < 4.78 is 18.4. The van der Waals surface area contributed by atoms with Crippen LogP contribution in [0.15, 0.2) is 83.9 Å². The average Bonchev–Trinajstić information content (AvgIpc) is 2.85. The number of hydrogen-bond acceptors (Lipinski definition) is 4. The van der Waals surface area contributed by atoms with Crippen molar-refractivity contribution >= 4 is 23.2 Å². The van der Waals surface area contributed by atoms with Crippen molar-refractivity contribution in [2.45, 2.75) is 0 Å². The van der Waals surface area contributed by atoms with Gasteiger partial charge < -0.3 is 14.5 Å². The van der Waals surface area contributed by atoms with Gasteiger partial charge in [0.2, 0.25) is 5.96 Å². The molecular weight excluding hydrogens is 407 g/mol. The monoisotopic (exact) mass is 432 g/mol. The third kappa shape index (κ3) is 5.24. The van der Waals surface area contributed by atoms with Gasteiger partial charge >= 0.3 is 0 Å². The first kappa shape index (κ1) is 21.4. The van der Waals surface area contributed by atoms with Crippen molar-refractivity contribution in [2.24, 2.45) is 4.99 Å². The first-order valence-electron chi connectivity index (χ1n) is 10.5. The van der Waals surface area contributed by atoms with E-state index in [1.807, 2.05) is 30.3 Å². The van der Waals surface area contributed by atoms with Crippen LogP contribution in [0.4, 0.5) is 15.8 Å². The number of carbonyl (C=O) groups excluding carboxylic acids is 1. The number of carbonyl (C=O) groups is 1. The van der Waals surface area contributed by atoms with Gasteiger partial charge in [-0.1, -0.05) is 18.2 Å².